The van der Waals surface area contributed by atoms with Crippen LogP contribution in [0, 0.1) is 0 Å². The van der Waals surface area contributed by atoms with Crippen molar-refractivity contribution in [1.82, 2.24) is 0 Å². The lowest BCUT2D eigenvalue weighted by atomic mass is 10.7. The molecular weight excluding hydrogens is 431 g/mol. The Morgan fingerprint density at radius 2 is 1.71 bits per heavy atom. The fourth-order valence-electron chi connectivity index (χ4n) is 0. The smallest absolute Gasteiger partial charge is 0.150 e. The number of nitrogens with two attached hydrogens (primary N) is 1. The Morgan fingerprint density at radius 1 is 1.57 bits per heavy atom. The van der Waals surface area contributed by atoms with Gasteiger partial charge in [-0.2, -0.15) is 0 Å². The van der Waals surface area contributed by atoms with Crippen LogP contribution < -0.4 is 5.73 Å². The lowest BCUT2D eigenvalue weighted by molar-refractivity contribution is 1.17. The van der Waals surface area contributed by atoms with Gasteiger partial charge in [-0.3, -0.25) is 0 Å². The monoisotopic (exact) mass is 435 g/mol. The van der Waals surface area contributed by atoms with Gasteiger partial charge in [-0.1, -0.05) is 6.58 Å². The molecule has 0 aromatic carbocycles. The van der Waals surface area contributed by atoms with Crippen molar-refractivity contribution in [2.45, 2.75) is 1.55 Å². The normalized spacial score (nSPS) is 11.4. The number of halogens is 3. The molecule has 4 heteroatoms. The van der Waals surface area contributed by atoms with Crippen LogP contribution in [-0.2, 0) is 0 Å². The van der Waals surface area contributed by atoms with Gasteiger partial charge in [-0.05, 0) is 67.8 Å². The first kappa shape index (κ1) is 8.89. The molecule has 0 saturated carbocycles. The van der Waals surface area contributed by atoms with Crippen LogP contribution in [0.3, 0.4) is 0 Å². The zero-order chi connectivity index (χ0) is 6.08. The quantitative estimate of drug-likeness (QED) is 0.383. The Balaban J connectivity index is 3.79. The Morgan fingerprint density at radius 3 is 1.71 bits per heavy atom. The van der Waals surface area contributed by atoms with Crippen LogP contribution in [0.4, 0.5) is 0 Å². The third-order valence-electron chi connectivity index (χ3n) is 0.362. The summed E-state index contributed by atoms with van der Waals surface area (Å²) in [6, 6.07) is 0. The van der Waals surface area contributed by atoms with Gasteiger partial charge in [0.05, 0.1) is 0 Å². The SMILES string of the molecule is C=C(I)C(N)(I)I. The van der Waals surface area contributed by atoms with Gasteiger partial charge < -0.3 is 5.73 Å². The third-order valence-corrected chi connectivity index (χ3v) is 4.58. The highest BCUT2D eigenvalue weighted by Crippen LogP contribution is 2.32. The van der Waals surface area contributed by atoms with Crippen molar-refractivity contribution in [1.29, 1.82) is 0 Å². The standard InChI is InChI=1S/C3H4I3N/c1-2(4)3(5,6)7/h1,7H2. The summed E-state index contributed by atoms with van der Waals surface area (Å²) >= 11 is 6.36. The maximum Gasteiger partial charge on any atom is 0.150 e. The van der Waals surface area contributed by atoms with E-state index >= 15 is 0 Å². The van der Waals surface area contributed by atoms with Crippen LogP contribution in [0.5, 0.6) is 0 Å². The van der Waals surface area contributed by atoms with Crippen LogP contribution in [0.2, 0.25) is 0 Å². The molecule has 0 atom stereocenters. The minimum atomic E-state index is -0.268. The van der Waals surface area contributed by atoms with Gasteiger partial charge in [0.2, 0.25) is 0 Å². The van der Waals surface area contributed by atoms with Crippen LogP contribution in [0.15, 0.2) is 10.2 Å². The zero-order valence-corrected chi connectivity index (χ0v) is 9.89. The molecule has 0 saturated heterocycles. The third kappa shape index (κ3) is 4.40. The van der Waals surface area contributed by atoms with E-state index in [4.69, 9.17) is 5.73 Å². The maximum absolute atomic E-state index is 5.54. The Hall–Kier alpha value is 1.89. The van der Waals surface area contributed by atoms with Crippen molar-refractivity contribution in [3.8, 4) is 0 Å². The van der Waals surface area contributed by atoms with Gasteiger partial charge in [0.1, 0.15) is 0 Å². The highest BCUT2D eigenvalue weighted by molar-refractivity contribution is 14.2. The molecule has 0 heterocycles. The number of rotatable bonds is 1. The summed E-state index contributed by atoms with van der Waals surface area (Å²) in [6.45, 7) is 3.67. The molecule has 7 heavy (non-hydrogen) atoms. The maximum atomic E-state index is 5.54. The second-order valence-corrected chi connectivity index (χ2v) is 7.80. The highest BCUT2D eigenvalue weighted by atomic mass is 127. The molecule has 0 amide bonds. The molecule has 42 valence electrons. The second-order valence-electron chi connectivity index (χ2n) is 1.03. The first-order valence-corrected chi connectivity index (χ1v) is 4.70. The summed E-state index contributed by atoms with van der Waals surface area (Å²) in [5.74, 6) is 0. The van der Waals surface area contributed by atoms with E-state index in [9.17, 15) is 0 Å². The molecule has 0 radical (unpaired) electrons. The van der Waals surface area contributed by atoms with E-state index in [0.29, 0.717) is 0 Å². The molecule has 0 aromatic rings. The molecular formula is C3H4I3N. The lowest BCUT2D eigenvalue weighted by Crippen LogP contribution is -2.22. The fourth-order valence-corrected chi connectivity index (χ4v) is 0. The van der Waals surface area contributed by atoms with Gasteiger partial charge in [-0.25, -0.2) is 0 Å². The molecule has 0 aliphatic rings. The van der Waals surface area contributed by atoms with Gasteiger partial charge in [0, 0.05) is 3.58 Å². The zero-order valence-electron chi connectivity index (χ0n) is 3.42. The van der Waals surface area contributed by atoms with Crippen LogP contribution in [0.1, 0.15) is 0 Å². The molecule has 0 aliphatic heterocycles. The Labute approximate surface area is 83.9 Å². The van der Waals surface area contributed by atoms with E-state index in [1.54, 1.807) is 0 Å². The van der Waals surface area contributed by atoms with Crippen molar-refractivity contribution in [2.24, 2.45) is 5.73 Å². The number of hydrogen-bond acceptors (Lipinski definition) is 1. The summed E-state index contributed by atoms with van der Waals surface area (Å²) in [7, 11) is 0. The van der Waals surface area contributed by atoms with E-state index in [1.165, 1.54) is 0 Å². The van der Waals surface area contributed by atoms with E-state index in [0.717, 1.165) is 3.58 Å². The summed E-state index contributed by atoms with van der Waals surface area (Å²) in [6.07, 6.45) is 0. The van der Waals surface area contributed by atoms with E-state index in [2.05, 4.69) is 74.4 Å². The molecule has 2 N–H and O–H groups in total. The molecule has 0 aromatic heterocycles. The van der Waals surface area contributed by atoms with E-state index in [-0.39, 0.29) is 1.55 Å². The molecule has 0 bridgehead atoms. The molecule has 0 aliphatic carbocycles. The Kier molecular flexibility index (Phi) is 4.01. The first-order chi connectivity index (χ1) is 2.94. The van der Waals surface area contributed by atoms with Crippen molar-refractivity contribution in [3.63, 3.8) is 0 Å². The van der Waals surface area contributed by atoms with Crippen LogP contribution >= 0.6 is 67.8 Å². The number of alkyl halides is 2. The summed E-state index contributed by atoms with van der Waals surface area (Å²) < 4.78 is 0.696. The first-order valence-electron chi connectivity index (χ1n) is 1.46. The van der Waals surface area contributed by atoms with Crippen molar-refractivity contribution < 1.29 is 0 Å². The van der Waals surface area contributed by atoms with Crippen LogP contribution in [-0.4, -0.2) is 1.55 Å². The van der Waals surface area contributed by atoms with Gasteiger partial charge in [0.25, 0.3) is 0 Å². The fraction of sp³-hybridized carbons (Fsp3) is 0.333. The van der Waals surface area contributed by atoms with Gasteiger partial charge >= 0.3 is 0 Å². The topological polar surface area (TPSA) is 26.0 Å². The summed E-state index contributed by atoms with van der Waals surface area (Å²) in [4.78, 5) is 0. The Bertz CT molecular complexity index is 82.7. The van der Waals surface area contributed by atoms with E-state index < -0.39 is 0 Å². The molecule has 1 nitrogen and oxygen atoms in total. The lowest BCUT2D eigenvalue weighted by Gasteiger charge is -2.10. The minimum absolute atomic E-state index is 0.268. The van der Waals surface area contributed by atoms with Crippen LogP contribution in [0.25, 0.3) is 0 Å². The molecule has 0 fully saturated rings. The van der Waals surface area contributed by atoms with Crippen molar-refractivity contribution >= 4 is 67.8 Å². The van der Waals surface area contributed by atoms with E-state index in [1.807, 2.05) is 0 Å². The molecule has 0 rings (SSSR count). The molecule has 0 unspecified atom stereocenters. The summed E-state index contributed by atoms with van der Waals surface area (Å²) in [5, 5.41) is 0. The minimum Gasteiger partial charge on any atom is -0.305 e. The average Bonchev–Trinajstić information content (AvgIpc) is 1.31. The average molecular weight is 435 g/mol. The predicted molar refractivity (Wildman–Crippen MR) is 58.1 cm³/mol. The predicted octanol–water partition coefficient (Wildman–Crippen LogP) is 2.42. The largest absolute Gasteiger partial charge is 0.305 e. The van der Waals surface area contributed by atoms with Crippen molar-refractivity contribution in [2.75, 3.05) is 0 Å². The summed E-state index contributed by atoms with van der Waals surface area (Å²) in [5.41, 5.74) is 5.54. The second kappa shape index (κ2) is 3.16. The highest BCUT2D eigenvalue weighted by Gasteiger charge is 2.16. The number of hydrogen-bond donors (Lipinski definition) is 1. The molecule has 0 spiro atoms. The van der Waals surface area contributed by atoms with Gasteiger partial charge in [0.15, 0.2) is 1.55 Å². The van der Waals surface area contributed by atoms with Crippen molar-refractivity contribution in [3.05, 3.63) is 10.2 Å². The van der Waals surface area contributed by atoms with Gasteiger partial charge in [-0.15, -0.1) is 0 Å².